The largest absolute Gasteiger partial charge is 0.382 e. The average Bonchev–Trinajstić information content (AvgIpc) is 3.02. The molecule has 1 aromatic heterocycles. The van der Waals surface area contributed by atoms with E-state index in [0.717, 1.165) is 24.3 Å². The van der Waals surface area contributed by atoms with Crippen LogP contribution in [0, 0.1) is 0 Å². The number of hydrogen-bond donors (Lipinski definition) is 4. The van der Waals surface area contributed by atoms with Crippen LogP contribution in [-0.2, 0) is 9.26 Å². The standard InChI is InChI=1S/C10H16N5O3PS/c11-9-8-10(13-4-12-9)15(5-14-8)7-2-1-6(18-7)3-17-19(16)20/h4,6-7,14,16,20H,1-3,5H2,(H2,11,12,13). The number of hydrogen-bond acceptors (Lipinski definition) is 9. The van der Waals surface area contributed by atoms with Gasteiger partial charge < -0.3 is 30.1 Å². The third kappa shape index (κ3) is 2.77. The molecule has 1 saturated heterocycles. The van der Waals surface area contributed by atoms with E-state index in [0.29, 0.717) is 19.1 Å². The predicted molar refractivity (Wildman–Crippen MR) is 79.4 cm³/mol. The van der Waals surface area contributed by atoms with E-state index >= 15 is 0 Å². The molecule has 1 aromatic rings. The molecule has 10 heteroatoms. The summed E-state index contributed by atoms with van der Waals surface area (Å²) in [6, 6.07) is 0. The van der Waals surface area contributed by atoms with E-state index in [4.69, 9.17) is 19.9 Å². The number of rotatable bonds is 4. The van der Waals surface area contributed by atoms with Crippen molar-refractivity contribution in [3.05, 3.63) is 6.33 Å². The van der Waals surface area contributed by atoms with Gasteiger partial charge in [-0.05, 0) is 12.8 Å². The van der Waals surface area contributed by atoms with Gasteiger partial charge in [0.05, 0.1) is 19.4 Å². The zero-order valence-corrected chi connectivity index (χ0v) is 12.4. The van der Waals surface area contributed by atoms with Crippen molar-refractivity contribution < 1.29 is 14.2 Å². The molecule has 110 valence electrons. The number of anilines is 3. The molecular weight excluding hydrogens is 301 g/mol. The van der Waals surface area contributed by atoms with Crippen LogP contribution in [0.15, 0.2) is 6.33 Å². The zero-order chi connectivity index (χ0) is 14.1. The number of ether oxygens (including phenoxy) is 1. The van der Waals surface area contributed by atoms with Gasteiger partial charge in [0.15, 0.2) is 11.6 Å². The van der Waals surface area contributed by atoms with Gasteiger partial charge in [-0.1, -0.05) is 12.2 Å². The second-order valence-corrected chi connectivity index (χ2v) is 6.39. The number of fused-ring (bicyclic) bond motifs is 1. The Kier molecular flexibility index (Phi) is 4.13. The molecule has 8 nitrogen and oxygen atoms in total. The Morgan fingerprint density at radius 1 is 1.60 bits per heavy atom. The Balaban J connectivity index is 1.64. The quantitative estimate of drug-likeness (QED) is 0.480. The molecule has 2 aliphatic heterocycles. The van der Waals surface area contributed by atoms with E-state index in [1.807, 2.05) is 4.90 Å². The van der Waals surface area contributed by atoms with Crippen LogP contribution in [0.5, 0.6) is 0 Å². The molecule has 0 amide bonds. The first kappa shape index (κ1) is 14.1. The van der Waals surface area contributed by atoms with Crippen LogP contribution in [0.4, 0.5) is 17.3 Å². The van der Waals surface area contributed by atoms with Crippen LogP contribution in [0.25, 0.3) is 0 Å². The molecule has 1 fully saturated rings. The lowest BCUT2D eigenvalue weighted by Crippen LogP contribution is -2.36. The molecule has 4 N–H and O–H groups in total. The SMILES string of the molecule is Nc1ncnc2c1NCN2C1CCC(COP(O)S)O1. The lowest BCUT2D eigenvalue weighted by Gasteiger charge is -2.24. The van der Waals surface area contributed by atoms with Crippen molar-refractivity contribution in [2.75, 3.05) is 29.2 Å². The topological polar surface area (TPSA) is 106 Å². The number of aromatic nitrogens is 2. The summed E-state index contributed by atoms with van der Waals surface area (Å²) in [5.41, 5.74) is 6.56. The highest BCUT2D eigenvalue weighted by molar-refractivity contribution is 8.41. The molecule has 0 radical (unpaired) electrons. The number of thiol groups is 1. The van der Waals surface area contributed by atoms with Crippen molar-refractivity contribution in [3.8, 4) is 0 Å². The molecule has 3 unspecified atom stereocenters. The summed E-state index contributed by atoms with van der Waals surface area (Å²) in [4.78, 5) is 19.3. The molecule has 0 saturated carbocycles. The van der Waals surface area contributed by atoms with Crippen molar-refractivity contribution in [3.63, 3.8) is 0 Å². The molecular formula is C10H16N5O3PS. The van der Waals surface area contributed by atoms with Crippen molar-refractivity contribution in [2.45, 2.75) is 25.2 Å². The number of nitrogens with two attached hydrogens (primary N) is 1. The number of nitrogens with one attached hydrogen (secondary N) is 1. The fourth-order valence-corrected chi connectivity index (χ4v) is 2.94. The minimum Gasteiger partial charge on any atom is -0.382 e. The Hall–Kier alpha value is -0.860. The van der Waals surface area contributed by atoms with Crippen molar-refractivity contribution in [1.82, 2.24) is 9.97 Å². The fourth-order valence-electron chi connectivity index (χ4n) is 2.44. The second kappa shape index (κ2) is 5.87. The molecule has 3 rings (SSSR count). The van der Waals surface area contributed by atoms with E-state index < -0.39 is 7.58 Å². The maximum atomic E-state index is 9.05. The number of nitrogen functional groups attached to an aromatic ring is 1. The third-order valence-corrected chi connectivity index (χ3v) is 4.09. The summed E-state index contributed by atoms with van der Waals surface area (Å²) in [6.07, 6.45) is 3.08. The second-order valence-electron chi connectivity index (χ2n) is 4.60. The first-order valence-corrected chi connectivity index (χ1v) is 8.59. The van der Waals surface area contributed by atoms with Gasteiger partial charge in [-0.25, -0.2) is 9.97 Å². The highest BCUT2D eigenvalue weighted by atomic mass is 32.7. The summed E-state index contributed by atoms with van der Waals surface area (Å²) in [5, 5.41) is 3.18. The Morgan fingerprint density at radius 2 is 2.45 bits per heavy atom. The Bertz CT molecular complexity index is 494. The molecule has 3 atom stereocenters. The van der Waals surface area contributed by atoms with Crippen molar-refractivity contribution >= 4 is 37.1 Å². The van der Waals surface area contributed by atoms with Crippen LogP contribution in [-0.4, -0.2) is 40.5 Å². The average molecular weight is 317 g/mol. The minimum atomic E-state index is -1.64. The monoisotopic (exact) mass is 317 g/mol. The van der Waals surface area contributed by atoms with Gasteiger partial charge in [0.1, 0.15) is 18.2 Å². The van der Waals surface area contributed by atoms with Crippen LogP contribution in [0.3, 0.4) is 0 Å². The van der Waals surface area contributed by atoms with Crippen LogP contribution < -0.4 is 16.0 Å². The van der Waals surface area contributed by atoms with Gasteiger partial charge in [-0.2, -0.15) is 0 Å². The van der Waals surface area contributed by atoms with Crippen molar-refractivity contribution in [2.24, 2.45) is 0 Å². The van der Waals surface area contributed by atoms with E-state index in [2.05, 4.69) is 27.5 Å². The maximum absolute atomic E-state index is 9.05. The molecule has 20 heavy (non-hydrogen) atoms. The maximum Gasteiger partial charge on any atom is 0.232 e. The van der Waals surface area contributed by atoms with E-state index in [1.165, 1.54) is 6.33 Å². The first-order chi connectivity index (χ1) is 9.65. The smallest absolute Gasteiger partial charge is 0.232 e. The predicted octanol–water partition coefficient (Wildman–Crippen LogP) is 0.919. The van der Waals surface area contributed by atoms with Gasteiger partial charge in [0.2, 0.25) is 7.58 Å². The Morgan fingerprint density at radius 3 is 3.25 bits per heavy atom. The summed E-state index contributed by atoms with van der Waals surface area (Å²) in [7, 11) is -1.64. The summed E-state index contributed by atoms with van der Waals surface area (Å²) < 4.78 is 11.0. The molecule has 0 aromatic carbocycles. The molecule has 3 heterocycles. The van der Waals surface area contributed by atoms with Gasteiger partial charge >= 0.3 is 0 Å². The van der Waals surface area contributed by atoms with E-state index in [1.54, 1.807) is 0 Å². The van der Waals surface area contributed by atoms with Crippen LogP contribution in [0.2, 0.25) is 0 Å². The van der Waals surface area contributed by atoms with E-state index in [9.17, 15) is 0 Å². The molecule has 0 aliphatic carbocycles. The number of nitrogens with zero attached hydrogens (tertiary/aromatic N) is 3. The van der Waals surface area contributed by atoms with Gasteiger partial charge in [0, 0.05) is 0 Å². The molecule has 0 bridgehead atoms. The molecule has 2 aliphatic rings. The van der Waals surface area contributed by atoms with Crippen LogP contribution in [0.1, 0.15) is 12.8 Å². The summed E-state index contributed by atoms with van der Waals surface area (Å²) >= 11 is 3.82. The minimum absolute atomic E-state index is 0.0347. The summed E-state index contributed by atoms with van der Waals surface area (Å²) in [5.74, 6) is 1.21. The van der Waals surface area contributed by atoms with Gasteiger partial charge in [-0.15, -0.1) is 0 Å². The van der Waals surface area contributed by atoms with Crippen molar-refractivity contribution in [1.29, 1.82) is 0 Å². The Labute approximate surface area is 122 Å². The first-order valence-electron chi connectivity index (χ1n) is 6.22. The third-order valence-electron chi connectivity index (χ3n) is 3.36. The molecule has 0 spiro atoms. The van der Waals surface area contributed by atoms with Gasteiger partial charge in [0.25, 0.3) is 0 Å². The lowest BCUT2D eigenvalue weighted by atomic mass is 10.2. The summed E-state index contributed by atoms with van der Waals surface area (Å²) in [6.45, 7) is 0.942. The normalized spacial score (nSPS) is 26.4. The lowest BCUT2D eigenvalue weighted by molar-refractivity contribution is 0.0188. The highest BCUT2D eigenvalue weighted by Gasteiger charge is 2.35. The zero-order valence-electron chi connectivity index (χ0n) is 10.6. The van der Waals surface area contributed by atoms with Crippen LogP contribution >= 0.6 is 19.8 Å². The highest BCUT2D eigenvalue weighted by Crippen LogP contribution is 2.39. The van der Waals surface area contributed by atoms with E-state index in [-0.39, 0.29) is 12.3 Å². The fraction of sp³-hybridized carbons (Fsp3) is 0.600. The van der Waals surface area contributed by atoms with Gasteiger partial charge in [-0.3, -0.25) is 0 Å².